The van der Waals surface area contributed by atoms with Gasteiger partial charge in [-0.15, -0.1) is 0 Å². The summed E-state index contributed by atoms with van der Waals surface area (Å²) in [5, 5.41) is 11.5. The van der Waals surface area contributed by atoms with Gasteiger partial charge < -0.3 is 4.90 Å². The van der Waals surface area contributed by atoms with Crippen LogP contribution >= 0.6 is 22.7 Å². The third-order valence-corrected chi connectivity index (χ3v) is 6.12. The monoisotopic (exact) mass is 404 g/mol. The molecular formula is C18H20N4O3S2. The van der Waals surface area contributed by atoms with E-state index >= 15 is 0 Å². The number of nitrogens with zero attached hydrogens (tertiary/aromatic N) is 4. The van der Waals surface area contributed by atoms with E-state index in [1.807, 2.05) is 39.2 Å². The molecule has 0 saturated heterocycles. The van der Waals surface area contributed by atoms with Crippen molar-refractivity contribution in [3.8, 4) is 0 Å². The predicted octanol–water partition coefficient (Wildman–Crippen LogP) is 4.17. The van der Waals surface area contributed by atoms with E-state index in [1.165, 1.54) is 23.5 Å². The number of aryl methyl sites for hydroxylation is 1. The highest BCUT2D eigenvalue weighted by molar-refractivity contribution is 7.22. The number of carbonyl (C=O) groups is 1. The molecule has 0 fully saturated rings. The Balaban J connectivity index is 1.94. The molecule has 0 N–H and O–H groups in total. The van der Waals surface area contributed by atoms with Gasteiger partial charge in [-0.1, -0.05) is 34.8 Å². The number of fused-ring (bicyclic) bond motifs is 1. The summed E-state index contributed by atoms with van der Waals surface area (Å²) in [6, 6.07) is 8.84. The number of rotatable bonds is 7. The number of carbonyl (C=O) groups excluding carboxylic acids is 1. The van der Waals surface area contributed by atoms with E-state index in [0.717, 1.165) is 40.1 Å². The first-order valence-electron chi connectivity index (χ1n) is 8.44. The third-order valence-electron chi connectivity index (χ3n) is 4.06. The Kier molecular flexibility index (Phi) is 5.83. The second-order valence-corrected chi connectivity index (χ2v) is 8.50. The maximum Gasteiger partial charge on any atom is 0.324 e. The van der Waals surface area contributed by atoms with Crippen LogP contribution < -0.4 is 4.90 Å². The van der Waals surface area contributed by atoms with Crippen molar-refractivity contribution < 1.29 is 9.72 Å². The molecule has 0 atom stereocenters. The minimum atomic E-state index is -0.473. The quantitative estimate of drug-likeness (QED) is 0.436. The Bertz CT molecular complexity index is 980. The van der Waals surface area contributed by atoms with Gasteiger partial charge in [-0.3, -0.25) is 19.8 Å². The minimum absolute atomic E-state index is 0.0354. The van der Waals surface area contributed by atoms with Gasteiger partial charge >= 0.3 is 5.00 Å². The van der Waals surface area contributed by atoms with Gasteiger partial charge in [0.1, 0.15) is 0 Å². The number of aromatic nitrogens is 1. The van der Waals surface area contributed by atoms with E-state index in [4.69, 9.17) is 0 Å². The topological polar surface area (TPSA) is 79.6 Å². The van der Waals surface area contributed by atoms with Gasteiger partial charge in [0.05, 0.1) is 20.0 Å². The average Bonchev–Trinajstić information content (AvgIpc) is 3.25. The van der Waals surface area contributed by atoms with Crippen LogP contribution in [0, 0.1) is 17.0 Å². The lowest BCUT2D eigenvalue weighted by Gasteiger charge is -2.20. The fourth-order valence-electron chi connectivity index (χ4n) is 2.69. The predicted molar refractivity (Wildman–Crippen MR) is 110 cm³/mol. The summed E-state index contributed by atoms with van der Waals surface area (Å²) in [5.41, 5.74) is 1.95. The number of thiophene rings is 1. The maximum absolute atomic E-state index is 13.1. The number of amides is 1. The molecule has 0 spiro atoms. The Morgan fingerprint density at radius 2 is 1.96 bits per heavy atom. The van der Waals surface area contributed by atoms with Gasteiger partial charge in [0.25, 0.3) is 5.91 Å². The van der Waals surface area contributed by atoms with Crippen molar-refractivity contribution in [2.24, 2.45) is 0 Å². The zero-order valence-corrected chi connectivity index (χ0v) is 17.0. The highest BCUT2D eigenvalue weighted by Crippen LogP contribution is 2.33. The molecule has 0 aliphatic heterocycles. The highest BCUT2D eigenvalue weighted by Gasteiger charge is 2.24. The van der Waals surface area contributed by atoms with Gasteiger partial charge in [-0.05, 0) is 51.7 Å². The summed E-state index contributed by atoms with van der Waals surface area (Å²) >= 11 is 2.36. The molecule has 27 heavy (non-hydrogen) atoms. The Hall–Kier alpha value is -2.36. The minimum Gasteiger partial charge on any atom is -0.309 e. The third kappa shape index (κ3) is 4.32. The fourth-order valence-corrected chi connectivity index (χ4v) is 4.53. The number of hydrogen-bond acceptors (Lipinski definition) is 7. The van der Waals surface area contributed by atoms with Crippen molar-refractivity contribution in [1.29, 1.82) is 0 Å². The summed E-state index contributed by atoms with van der Waals surface area (Å²) in [4.78, 5) is 32.3. The Morgan fingerprint density at radius 3 is 2.59 bits per heavy atom. The van der Waals surface area contributed by atoms with E-state index < -0.39 is 4.92 Å². The lowest BCUT2D eigenvalue weighted by molar-refractivity contribution is -0.380. The summed E-state index contributed by atoms with van der Waals surface area (Å²) in [6.45, 7) is 3.33. The maximum atomic E-state index is 13.1. The molecule has 0 aliphatic carbocycles. The van der Waals surface area contributed by atoms with Crippen LogP contribution in [-0.4, -0.2) is 47.9 Å². The van der Waals surface area contributed by atoms with E-state index in [2.05, 4.69) is 9.88 Å². The number of benzene rings is 1. The van der Waals surface area contributed by atoms with Gasteiger partial charge in [0.2, 0.25) is 0 Å². The summed E-state index contributed by atoms with van der Waals surface area (Å²) in [7, 11) is 3.96. The molecule has 3 rings (SSSR count). The first-order chi connectivity index (χ1) is 12.9. The molecule has 0 aliphatic rings. The molecule has 0 unspecified atom stereocenters. The molecule has 2 heterocycles. The Labute approximate surface area is 165 Å². The van der Waals surface area contributed by atoms with Crippen LogP contribution in [0.4, 0.5) is 10.1 Å². The molecule has 0 saturated carbocycles. The van der Waals surface area contributed by atoms with Gasteiger partial charge in [-0.2, -0.15) is 0 Å². The van der Waals surface area contributed by atoms with Crippen LogP contribution in [0.3, 0.4) is 0 Å². The van der Waals surface area contributed by atoms with Crippen LogP contribution in [0.25, 0.3) is 10.2 Å². The van der Waals surface area contributed by atoms with Gasteiger partial charge in [-0.25, -0.2) is 4.98 Å². The zero-order valence-electron chi connectivity index (χ0n) is 15.3. The molecule has 1 aromatic carbocycles. The normalized spacial score (nSPS) is 11.3. The second-order valence-electron chi connectivity index (χ2n) is 6.43. The smallest absolute Gasteiger partial charge is 0.309 e. The molecule has 7 nitrogen and oxygen atoms in total. The average molecular weight is 405 g/mol. The van der Waals surface area contributed by atoms with E-state index in [9.17, 15) is 14.9 Å². The molecule has 3 aromatic rings. The van der Waals surface area contributed by atoms with E-state index in [0.29, 0.717) is 16.6 Å². The molecule has 2 aromatic heterocycles. The second kappa shape index (κ2) is 8.12. The summed E-state index contributed by atoms with van der Waals surface area (Å²) < 4.78 is 1.02. The lowest BCUT2D eigenvalue weighted by Crippen LogP contribution is -2.32. The van der Waals surface area contributed by atoms with Crippen LogP contribution in [0.5, 0.6) is 0 Å². The summed E-state index contributed by atoms with van der Waals surface area (Å²) in [6.07, 6.45) is 0.779. The lowest BCUT2D eigenvalue weighted by atomic mass is 10.2. The highest BCUT2D eigenvalue weighted by atomic mass is 32.1. The number of nitro groups is 1. The number of hydrogen-bond donors (Lipinski definition) is 0. The van der Waals surface area contributed by atoms with Crippen molar-refractivity contribution in [3.63, 3.8) is 0 Å². The van der Waals surface area contributed by atoms with Crippen molar-refractivity contribution in [2.45, 2.75) is 13.3 Å². The van der Waals surface area contributed by atoms with Crippen molar-refractivity contribution >= 4 is 48.9 Å². The number of para-hydroxylation sites is 1. The van der Waals surface area contributed by atoms with Crippen molar-refractivity contribution in [2.75, 3.05) is 32.1 Å². The van der Waals surface area contributed by atoms with Gasteiger partial charge in [0, 0.05) is 12.6 Å². The first kappa shape index (κ1) is 19.4. The van der Waals surface area contributed by atoms with E-state index in [-0.39, 0.29) is 10.9 Å². The van der Waals surface area contributed by atoms with Crippen LogP contribution in [0.2, 0.25) is 0 Å². The Morgan fingerprint density at radius 1 is 1.19 bits per heavy atom. The van der Waals surface area contributed by atoms with Crippen LogP contribution in [-0.2, 0) is 0 Å². The van der Waals surface area contributed by atoms with Crippen LogP contribution in [0.1, 0.15) is 21.7 Å². The molecule has 1 amide bonds. The zero-order chi connectivity index (χ0) is 19.6. The molecule has 0 bridgehead atoms. The standard InChI is InChI=1S/C18H20N4O3S2/c1-12-6-4-7-13-16(12)19-18(27-13)21(11-5-10-20(2)3)17(23)14-8-9-15(26-14)22(24)25/h4,6-9H,5,10-11H2,1-3H3. The SMILES string of the molecule is Cc1cccc2sc(N(CCCN(C)C)C(=O)c3ccc([N+](=O)[O-])s3)nc12. The summed E-state index contributed by atoms with van der Waals surface area (Å²) in [5.74, 6) is -0.247. The first-order valence-corrected chi connectivity index (χ1v) is 10.1. The van der Waals surface area contributed by atoms with Crippen molar-refractivity contribution in [1.82, 2.24) is 9.88 Å². The van der Waals surface area contributed by atoms with Crippen molar-refractivity contribution in [3.05, 3.63) is 50.9 Å². The number of anilines is 1. The number of thiazole rings is 1. The fraction of sp³-hybridized carbons (Fsp3) is 0.333. The molecule has 0 radical (unpaired) electrons. The molecule has 142 valence electrons. The largest absolute Gasteiger partial charge is 0.324 e. The van der Waals surface area contributed by atoms with Crippen LogP contribution in [0.15, 0.2) is 30.3 Å². The van der Waals surface area contributed by atoms with Gasteiger partial charge in [0.15, 0.2) is 5.13 Å². The molecular weight excluding hydrogens is 384 g/mol. The van der Waals surface area contributed by atoms with E-state index in [1.54, 1.807) is 4.90 Å². The molecule has 9 heteroatoms.